The second-order valence-corrected chi connectivity index (χ2v) is 9.82. The maximum Gasteiger partial charge on any atom is 0.307 e. The molecule has 1 atom stereocenters. The van der Waals surface area contributed by atoms with Gasteiger partial charge >= 0.3 is 5.97 Å². The molecule has 3 aromatic carbocycles. The van der Waals surface area contributed by atoms with E-state index in [2.05, 4.69) is 9.80 Å². The van der Waals surface area contributed by atoms with Gasteiger partial charge in [0.15, 0.2) is 0 Å². The summed E-state index contributed by atoms with van der Waals surface area (Å²) in [6, 6.07) is 18.0. The van der Waals surface area contributed by atoms with Gasteiger partial charge in [-0.05, 0) is 48.9 Å². The van der Waals surface area contributed by atoms with Crippen molar-refractivity contribution in [2.24, 2.45) is 4.99 Å². The molecular weight excluding hydrogens is 507 g/mol. The quantitative estimate of drug-likeness (QED) is 0.388. The molecule has 0 aliphatic carbocycles. The number of aliphatic imine (C=N–C) groups is 1. The Bertz CT molecular complexity index is 1370. The summed E-state index contributed by atoms with van der Waals surface area (Å²) in [6.07, 6.45) is 0.0194. The van der Waals surface area contributed by atoms with Gasteiger partial charge in [-0.15, -0.1) is 0 Å². The van der Waals surface area contributed by atoms with Gasteiger partial charge in [0.25, 0.3) is 0 Å². The fourth-order valence-electron chi connectivity index (χ4n) is 5.12. The second-order valence-electron chi connectivity index (χ2n) is 9.38. The summed E-state index contributed by atoms with van der Waals surface area (Å²) in [5.74, 6) is 0.388. The fourth-order valence-corrected chi connectivity index (χ4v) is 5.30. The van der Waals surface area contributed by atoms with Crippen LogP contribution in [0, 0.1) is 12.7 Å². The van der Waals surface area contributed by atoms with Crippen LogP contribution in [0.3, 0.4) is 0 Å². The van der Waals surface area contributed by atoms with E-state index in [0.29, 0.717) is 35.4 Å². The summed E-state index contributed by atoms with van der Waals surface area (Å²) in [7, 11) is 2.97. The molecule has 1 unspecified atom stereocenters. The molecule has 0 aromatic heterocycles. The normalized spacial score (nSPS) is 17.1. The number of piperazine rings is 1. The van der Waals surface area contributed by atoms with Gasteiger partial charge in [0, 0.05) is 42.5 Å². The first-order valence-electron chi connectivity index (χ1n) is 12.5. The van der Waals surface area contributed by atoms with Gasteiger partial charge in [0.1, 0.15) is 17.3 Å². The number of rotatable bonds is 5. The van der Waals surface area contributed by atoms with Crippen molar-refractivity contribution in [3.05, 3.63) is 82.6 Å². The summed E-state index contributed by atoms with van der Waals surface area (Å²) in [4.78, 5) is 23.9. The van der Waals surface area contributed by atoms with E-state index in [0.717, 1.165) is 30.0 Å². The third-order valence-electron chi connectivity index (χ3n) is 7.03. The highest BCUT2D eigenvalue weighted by Gasteiger charge is 2.38. The zero-order chi connectivity index (χ0) is 26.8. The molecule has 0 amide bonds. The minimum absolute atomic E-state index is 0.0194. The first kappa shape index (κ1) is 25.9. The Hall–Kier alpha value is -3.78. The van der Waals surface area contributed by atoms with Crippen LogP contribution in [0.5, 0.6) is 5.75 Å². The summed E-state index contributed by atoms with van der Waals surface area (Å²) < 4.78 is 26.0. The zero-order valence-corrected chi connectivity index (χ0v) is 22.4. The standard InChI is InChI=1S/C29H30ClFN4O3/c1-19-10-11-26(37-2)25(16-19)35-24(18-27(36)38-3)22-8-5-9-23(31)28(22)32-29(35)34-14-12-33(13-15-34)21-7-4-6-20(30)17-21/h4-11,16-17,24H,12-15,18H2,1-3H3. The summed E-state index contributed by atoms with van der Waals surface area (Å²) >= 11 is 6.23. The first-order valence-corrected chi connectivity index (χ1v) is 12.9. The molecule has 9 heteroatoms. The Balaban J connectivity index is 1.59. The highest BCUT2D eigenvalue weighted by atomic mass is 35.5. The van der Waals surface area contributed by atoms with Crippen LogP contribution in [0.2, 0.25) is 5.02 Å². The monoisotopic (exact) mass is 536 g/mol. The number of benzene rings is 3. The van der Waals surface area contributed by atoms with Crippen molar-refractivity contribution in [1.29, 1.82) is 0 Å². The van der Waals surface area contributed by atoms with Crippen molar-refractivity contribution in [2.45, 2.75) is 19.4 Å². The van der Waals surface area contributed by atoms with E-state index in [-0.39, 0.29) is 12.1 Å². The molecule has 0 radical (unpaired) electrons. The summed E-state index contributed by atoms with van der Waals surface area (Å²) in [5, 5.41) is 0.692. The zero-order valence-electron chi connectivity index (χ0n) is 21.7. The number of para-hydroxylation sites is 1. The molecule has 198 valence electrons. The maximum absolute atomic E-state index is 15.2. The van der Waals surface area contributed by atoms with Crippen LogP contribution >= 0.6 is 11.6 Å². The molecule has 3 aromatic rings. The number of hydrogen-bond acceptors (Lipinski definition) is 7. The molecule has 7 nitrogen and oxygen atoms in total. The molecule has 38 heavy (non-hydrogen) atoms. The van der Waals surface area contributed by atoms with E-state index in [4.69, 9.17) is 26.1 Å². The maximum atomic E-state index is 15.2. The van der Waals surface area contributed by atoms with Gasteiger partial charge < -0.3 is 24.2 Å². The van der Waals surface area contributed by atoms with Gasteiger partial charge in [-0.3, -0.25) is 4.79 Å². The molecule has 0 spiro atoms. The third-order valence-corrected chi connectivity index (χ3v) is 7.27. The van der Waals surface area contributed by atoms with E-state index in [9.17, 15) is 4.79 Å². The lowest BCUT2D eigenvalue weighted by atomic mass is 9.96. The molecule has 1 saturated heterocycles. The van der Waals surface area contributed by atoms with Crippen LogP contribution < -0.4 is 14.5 Å². The number of aryl methyl sites for hydroxylation is 1. The van der Waals surface area contributed by atoms with Crippen LogP contribution in [-0.4, -0.2) is 57.2 Å². The van der Waals surface area contributed by atoms with Crippen LogP contribution in [0.25, 0.3) is 0 Å². The Labute approximate surface area is 227 Å². The average molecular weight is 537 g/mol. The molecule has 2 heterocycles. The second kappa shape index (κ2) is 10.9. The van der Waals surface area contributed by atoms with Crippen LogP contribution in [0.4, 0.5) is 21.5 Å². The van der Waals surface area contributed by atoms with Crippen molar-refractivity contribution in [3.63, 3.8) is 0 Å². The molecule has 2 aliphatic heterocycles. The molecule has 1 fully saturated rings. The molecule has 0 bridgehead atoms. The highest BCUT2D eigenvalue weighted by molar-refractivity contribution is 6.30. The summed E-state index contributed by atoms with van der Waals surface area (Å²) in [6.45, 7) is 4.74. The first-order chi connectivity index (χ1) is 18.4. The molecule has 5 rings (SSSR count). The summed E-state index contributed by atoms with van der Waals surface area (Å²) in [5.41, 5.74) is 3.71. The van der Waals surface area contributed by atoms with E-state index in [1.165, 1.54) is 13.2 Å². The third kappa shape index (κ3) is 5.00. The number of nitrogens with zero attached hydrogens (tertiary/aromatic N) is 4. The Morgan fingerprint density at radius 1 is 1.03 bits per heavy atom. The predicted octanol–water partition coefficient (Wildman–Crippen LogP) is 5.73. The topological polar surface area (TPSA) is 57.6 Å². The fraction of sp³-hybridized carbons (Fsp3) is 0.310. The lowest BCUT2D eigenvalue weighted by Gasteiger charge is -2.45. The number of carbonyl (C=O) groups excluding carboxylic acids is 1. The van der Waals surface area contributed by atoms with E-state index < -0.39 is 17.8 Å². The Kier molecular flexibility index (Phi) is 7.42. The van der Waals surface area contributed by atoms with Gasteiger partial charge in [-0.25, -0.2) is 9.38 Å². The van der Waals surface area contributed by atoms with Crippen LogP contribution in [0.15, 0.2) is 65.7 Å². The number of hydrogen-bond donors (Lipinski definition) is 0. The van der Waals surface area contributed by atoms with Crippen LogP contribution in [-0.2, 0) is 9.53 Å². The molecular formula is C29H30ClFN4O3. The Morgan fingerprint density at radius 3 is 2.47 bits per heavy atom. The van der Waals surface area contributed by atoms with Gasteiger partial charge in [0.2, 0.25) is 5.96 Å². The average Bonchev–Trinajstić information content (AvgIpc) is 2.93. The van der Waals surface area contributed by atoms with Gasteiger partial charge in [-0.1, -0.05) is 35.9 Å². The van der Waals surface area contributed by atoms with Crippen molar-refractivity contribution in [1.82, 2.24) is 4.90 Å². The number of esters is 1. The number of guanidine groups is 1. The minimum Gasteiger partial charge on any atom is -0.495 e. The number of anilines is 2. The molecule has 2 aliphatic rings. The van der Waals surface area contributed by atoms with Crippen molar-refractivity contribution < 1.29 is 18.7 Å². The SMILES string of the molecule is COC(=O)CC1c2cccc(F)c2N=C(N2CCN(c3cccc(Cl)c3)CC2)N1c1cc(C)ccc1OC. The minimum atomic E-state index is -0.540. The van der Waals surface area contributed by atoms with E-state index in [1.54, 1.807) is 13.2 Å². The number of fused-ring (bicyclic) bond motifs is 1. The number of methoxy groups -OCH3 is 2. The smallest absolute Gasteiger partial charge is 0.307 e. The molecule has 0 saturated carbocycles. The predicted molar refractivity (Wildman–Crippen MR) is 148 cm³/mol. The van der Waals surface area contributed by atoms with Crippen LogP contribution in [0.1, 0.15) is 23.6 Å². The lowest BCUT2D eigenvalue weighted by molar-refractivity contribution is -0.141. The number of carbonyl (C=O) groups is 1. The van der Waals surface area contributed by atoms with E-state index >= 15 is 4.39 Å². The lowest BCUT2D eigenvalue weighted by Crippen LogP contribution is -2.55. The van der Waals surface area contributed by atoms with Gasteiger partial charge in [-0.2, -0.15) is 0 Å². The van der Waals surface area contributed by atoms with Crippen molar-refractivity contribution in [3.8, 4) is 5.75 Å². The molecule has 0 N–H and O–H groups in total. The highest BCUT2D eigenvalue weighted by Crippen LogP contribution is 2.44. The Morgan fingerprint density at radius 2 is 1.76 bits per heavy atom. The largest absolute Gasteiger partial charge is 0.495 e. The van der Waals surface area contributed by atoms with E-state index in [1.807, 2.05) is 60.4 Å². The van der Waals surface area contributed by atoms with Crippen molar-refractivity contribution in [2.75, 3.05) is 50.2 Å². The van der Waals surface area contributed by atoms with Crippen molar-refractivity contribution >= 4 is 40.6 Å². The number of ether oxygens (including phenoxy) is 2. The van der Waals surface area contributed by atoms with Gasteiger partial charge in [0.05, 0.1) is 32.4 Å². The number of halogens is 2.